The zero-order valence-corrected chi connectivity index (χ0v) is 23.1. The standard InChI is InChI=1S/C26H35ClF3N7O3/c1-2-18-16-36(24-22(27)33-21(23(31)34-24)25(39)32-9-14-38)12-13-37(18)19-7-10-35(11-8-19)15-17-3-5-20(6-4-17)40-26(28,29)30/h3-6,18-19,38H,2,7-16H2,1H3,(H2,31,34)(H,32,39). The smallest absolute Gasteiger partial charge is 0.406 e. The Kier molecular flexibility index (Phi) is 9.93. The lowest BCUT2D eigenvalue weighted by Gasteiger charge is -2.47. The third-order valence-electron chi connectivity index (χ3n) is 7.36. The number of piperidine rings is 1. The second-order valence-electron chi connectivity index (χ2n) is 10.00. The molecule has 14 heteroatoms. The number of piperazine rings is 1. The van der Waals surface area contributed by atoms with Crippen LogP contribution in [0.2, 0.25) is 5.15 Å². The first-order valence-corrected chi connectivity index (χ1v) is 13.8. The zero-order valence-electron chi connectivity index (χ0n) is 22.3. The lowest BCUT2D eigenvalue weighted by atomic mass is 9.98. The number of aromatic nitrogens is 2. The molecule has 1 aromatic carbocycles. The third kappa shape index (κ3) is 7.65. The van der Waals surface area contributed by atoms with Gasteiger partial charge in [-0.2, -0.15) is 0 Å². The number of hydrogen-bond acceptors (Lipinski definition) is 9. The number of anilines is 2. The fraction of sp³-hybridized carbons (Fsp3) is 0.577. The second kappa shape index (κ2) is 13.2. The number of halogens is 4. The summed E-state index contributed by atoms with van der Waals surface area (Å²) < 4.78 is 41.2. The van der Waals surface area contributed by atoms with Crippen LogP contribution in [0.3, 0.4) is 0 Å². The van der Waals surface area contributed by atoms with Crippen molar-refractivity contribution < 1.29 is 27.8 Å². The van der Waals surface area contributed by atoms with Gasteiger partial charge in [-0.25, -0.2) is 9.97 Å². The van der Waals surface area contributed by atoms with Crippen molar-refractivity contribution in [2.24, 2.45) is 0 Å². The summed E-state index contributed by atoms with van der Waals surface area (Å²) in [5.41, 5.74) is 6.91. The van der Waals surface area contributed by atoms with Gasteiger partial charge in [0.05, 0.1) is 6.61 Å². The van der Waals surface area contributed by atoms with Gasteiger partial charge in [0.25, 0.3) is 5.91 Å². The summed E-state index contributed by atoms with van der Waals surface area (Å²) in [5.74, 6) is -0.311. The second-order valence-corrected chi connectivity index (χ2v) is 10.4. The van der Waals surface area contributed by atoms with Gasteiger partial charge in [-0.05, 0) is 50.0 Å². The first-order valence-electron chi connectivity index (χ1n) is 13.4. The van der Waals surface area contributed by atoms with E-state index in [0.29, 0.717) is 31.5 Å². The molecule has 0 radical (unpaired) electrons. The van der Waals surface area contributed by atoms with Crippen LogP contribution in [-0.4, -0.2) is 95.1 Å². The molecule has 2 saturated heterocycles. The molecule has 2 aliphatic heterocycles. The number of carbonyl (C=O) groups is 1. The predicted octanol–water partition coefficient (Wildman–Crippen LogP) is 2.90. The van der Waals surface area contributed by atoms with E-state index in [4.69, 9.17) is 22.4 Å². The number of benzene rings is 1. The highest BCUT2D eigenvalue weighted by atomic mass is 35.5. The highest BCUT2D eigenvalue weighted by Crippen LogP contribution is 2.30. The van der Waals surface area contributed by atoms with Gasteiger partial charge in [0.2, 0.25) is 0 Å². The molecule has 2 aliphatic rings. The molecular formula is C26H35ClF3N7O3. The number of nitrogens with one attached hydrogen (secondary N) is 1. The molecule has 0 aliphatic carbocycles. The molecule has 220 valence electrons. The minimum atomic E-state index is -4.69. The third-order valence-corrected chi connectivity index (χ3v) is 7.62. The minimum Gasteiger partial charge on any atom is -0.406 e. The van der Waals surface area contributed by atoms with Gasteiger partial charge >= 0.3 is 6.36 Å². The van der Waals surface area contributed by atoms with Crippen LogP contribution in [0, 0.1) is 0 Å². The molecule has 4 N–H and O–H groups in total. The molecule has 0 saturated carbocycles. The maximum absolute atomic E-state index is 12.4. The van der Waals surface area contributed by atoms with E-state index >= 15 is 0 Å². The Hall–Kier alpha value is -2.87. The molecule has 10 nitrogen and oxygen atoms in total. The molecule has 1 amide bonds. The maximum Gasteiger partial charge on any atom is 0.573 e. The van der Waals surface area contributed by atoms with Crippen LogP contribution in [0.1, 0.15) is 42.2 Å². The van der Waals surface area contributed by atoms with E-state index in [0.717, 1.165) is 44.5 Å². The zero-order chi connectivity index (χ0) is 28.9. The van der Waals surface area contributed by atoms with Crippen LogP contribution in [-0.2, 0) is 6.54 Å². The number of nitrogen functional groups attached to an aromatic ring is 1. The molecule has 4 rings (SSSR count). The molecule has 1 atom stereocenters. The number of aliphatic hydroxyl groups excluding tert-OH is 1. The summed E-state index contributed by atoms with van der Waals surface area (Å²) >= 11 is 6.43. The van der Waals surface area contributed by atoms with E-state index in [9.17, 15) is 18.0 Å². The number of carbonyl (C=O) groups excluding carboxylic acids is 1. The summed E-state index contributed by atoms with van der Waals surface area (Å²) in [6.45, 7) is 6.71. The van der Waals surface area contributed by atoms with Crippen LogP contribution >= 0.6 is 11.6 Å². The van der Waals surface area contributed by atoms with Crippen molar-refractivity contribution in [2.45, 2.75) is 51.2 Å². The summed E-state index contributed by atoms with van der Waals surface area (Å²) in [6, 6.07) is 6.76. The lowest BCUT2D eigenvalue weighted by molar-refractivity contribution is -0.274. The van der Waals surface area contributed by atoms with Gasteiger partial charge < -0.3 is 25.8 Å². The number of aliphatic hydroxyl groups is 1. The number of alkyl halides is 3. The fourth-order valence-corrected chi connectivity index (χ4v) is 5.66. The molecule has 0 spiro atoms. The van der Waals surface area contributed by atoms with Gasteiger partial charge in [-0.15, -0.1) is 13.2 Å². The molecule has 1 unspecified atom stereocenters. The van der Waals surface area contributed by atoms with Gasteiger partial charge in [0.15, 0.2) is 22.5 Å². The van der Waals surface area contributed by atoms with Crippen LogP contribution < -0.4 is 20.7 Å². The quantitative estimate of drug-likeness (QED) is 0.408. The Bertz CT molecular complexity index is 1150. The Morgan fingerprint density at radius 2 is 1.88 bits per heavy atom. The molecule has 40 heavy (non-hydrogen) atoms. The molecule has 0 bridgehead atoms. The van der Waals surface area contributed by atoms with Crippen LogP contribution in [0.15, 0.2) is 24.3 Å². The van der Waals surface area contributed by atoms with Gasteiger partial charge in [0.1, 0.15) is 5.75 Å². The van der Waals surface area contributed by atoms with Gasteiger partial charge in [-0.1, -0.05) is 30.7 Å². The number of rotatable bonds is 9. The van der Waals surface area contributed by atoms with Crippen molar-refractivity contribution in [3.05, 3.63) is 40.7 Å². The fourth-order valence-electron chi connectivity index (χ4n) is 5.41. The number of ether oxygens (including phenoxy) is 1. The average Bonchev–Trinajstić information content (AvgIpc) is 2.93. The highest BCUT2D eigenvalue weighted by molar-refractivity contribution is 6.32. The molecule has 2 aromatic rings. The van der Waals surface area contributed by atoms with Crippen molar-refractivity contribution in [3.63, 3.8) is 0 Å². The minimum absolute atomic E-state index is 0.0137. The van der Waals surface area contributed by atoms with E-state index in [1.807, 2.05) is 0 Å². The van der Waals surface area contributed by atoms with Crippen molar-refractivity contribution in [1.82, 2.24) is 25.1 Å². The number of amides is 1. The Balaban J connectivity index is 1.31. The summed E-state index contributed by atoms with van der Waals surface area (Å²) in [5, 5.41) is 11.5. The van der Waals surface area contributed by atoms with Crippen molar-refractivity contribution >= 4 is 29.1 Å². The Morgan fingerprint density at radius 1 is 1.18 bits per heavy atom. The topological polar surface area (TPSA) is 120 Å². The number of likely N-dealkylation sites (tertiary alicyclic amines) is 1. The number of nitrogens with two attached hydrogens (primary N) is 1. The van der Waals surface area contributed by atoms with Crippen LogP contribution in [0.5, 0.6) is 5.75 Å². The first kappa shape index (κ1) is 30.1. The maximum atomic E-state index is 12.4. The Morgan fingerprint density at radius 3 is 2.50 bits per heavy atom. The Labute approximate surface area is 236 Å². The number of nitrogens with zero attached hydrogens (tertiary/aromatic N) is 5. The van der Waals surface area contributed by atoms with E-state index in [1.165, 1.54) is 12.1 Å². The molecule has 1 aromatic heterocycles. The molecular weight excluding hydrogens is 551 g/mol. The van der Waals surface area contributed by atoms with E-state index < -0.39 is 12.3 Å². The van der Waals surface area contributed by atoms with Crippen LogP contribution in [0.25, 0.3) is 0 Å². The largest absolute Gasteiger partial charge is 0.573 e. The van der Waals surface area contributed by atoms with Crippen molar-refractivity contribution in [1.29, 1.82) is 0 Å². The van der Waals surface area contributed by atoms with Crippen molar-refractivity contribution in [3.8, 4) is 5.75 Å². The SMILES string of the molecule is CCC1CN(c2nc(N)c(C(=O)NCCO)nc2Cl)CCN1C1CCN(Cc2ccc(OC(F)(F)F)cc2)CC1. The number of hydrogen-bond donors (Lipinski definition) is 3. The van der Waals surface area contributed by atoms with Crippen LogP contribution in [0.4, 0.5) is 24.8 Å². The summed E-state index contributed by atoms with van der Waals surface area (Å²) in [6.07, 6.45) is -1.76. The highest BCUT2D eigenvalue weighted by Gasteiger charge is 2.35. The monoisotopic (exact) mass is 585 g/mol. The predicted molar refractivity (Wildman–Crippen MR) is 145 cm³/mol. The molecule has 2 fully saturated rings. The van der Waals surface area contributed by atoms with E-state index in [1.54, 1.807) is 12.1 Å². The summed E-state index contributed by atoms with van der Waals surface area (Å²) in [7, 11) is 0. The van der Waals surface area contributed by atoms with E-state index in [2.05, 4.69) is 41.6 Å². The lowest BCUT2D eigenvalue weighted by Crippen LogP contribution is -2.58. The summed E-state index contributed by atoms with van der Waals surface area (Å²) in [4.78, 5) is 27.8. The van der Waals surface area contributed by atoms with Gasteiger partial charge in [-0.3, -0.25) is 14.6 Å². The first-order chi connectivity index (χ1) is 19.1. The van der Waals surface area contributed by atoms with Gasteiger partial charge in [0, 0.05) is 44.8 Å². The molecule has 3 heterocycles. The van der Waals surface area contributed by atoms with E-state index in [-0.39, 0.29) is 41.6 Å². The van der Waals surface area contributed by atoms with Crippen molar-refractivity contribution in [2.75, 3.05) is 56.5 Å². The normalized spacial score (nSPS) is 19.6. The average molecular weight is 586 g/mol.